The van der Waals surface area contributed by atoms with Gasteiger partial charge in [-0.2, -0.15) is 0 Å². The van der Waals surface area contributed by atoms with E-state index in [1.165, 1.54) is 34.7 Å². The number of nitrogens with zero attached hydrogens (tertiary/aromatic N) is 2. The number of halogens is 1. The van der Waals surface area contributed by atoms with Crippen LogP contribution in [0.4, 0.5) is 10.5 Å². The van der Waals surface area contributed by atoms with E-state index < -0.39 is 5.60 Å². The molecule has 3 aromatic carbocycles. The first-order chi connectivity index (χ1) is 17.7. The fourth-order valence-corrected chi connectivity index (χ4v) is 7.05. The predicted molar refractivity (Wildman–Crippen MR) is 147 cm³/mol. The van der Waals surface area contributed by atoms with Crippen LogP contribution in [0.2, 0.25) is 5.02 Å². The van der Waals surface area contributed by atoms with Crippen LogP contribution in [0.25, 0.3) is 21.9 Å². The largest absolute Gasteiger partial charge is 0.488 e. The van der Waals surface area contributed by atoms with Gasteiger partial charge in [-0.05, 0) is 104 Å². The van der Waals surface area contributed by atoms with E-state index in [1.807, 2.05) is 37.8 Å². The Morgan fingerprint density at radius 3 is 2.81 bits per heavy atom. The van der Waals surface area contributed by atoms with Gasteiger partial charge in [0.25, 0.3) is 0 Å². The van der Waals surface area contributed by atoms with Crippen molar-refractivity contribution in [1.82, 2.24) is 4.90 Å². The molecular weight excluding hydrogens is 484 g/mol. The summed E-state index contributed by atoms with van der Waals surface area (Å²) in [6, 6.07) is 14.9. The zero-order valence-electron chi connectivity index (χ0n) is 21.5. The summed E-state index contributed by atoms with van der Waals surface area (Å²) >= 11 is 6.22. The number of ether oxygens (including phenoxy) is 2. The van der Waals surface area contributed by atoms with Crippen molar-refractivity contribution in [1.29, 1.82) is 0 Å². The zero-order valence-corrected chi connectivity index (χ0v) is 22.3. The second-order valence-corrected chi connectivity index (χ2v) is 12.3. The molecule has 1 aliphatic carbocycles. The first-order valence-electron chi connectivity index (χ1n) is 13.4. The summed E-state index contributed by atoms with van der Waals surface area (Å²) in [5, 5.41) is 3.08. The number of benzene rings is 3. The number of carbonyl (C=O) groups excluding carboxylic acids is 1. The van der Waals surface area contributed by atoms with Crippen molar-refractivity contribution in [2.75, 3.05) is 0 Å². The highest BCUT2D eigenvalue weighted by atomic mass is 35.5. The van der Waals surface area contributed by atoms with Gasteiger partial charge >= 0.3 is 6.09 Å². The molecular formula is C31H31ClN2O3. The molecule has 3 atom stereocenters. The number of aliphatic imine (C=N–C) groups is 1. The highest BCUT2D eigenvalue weighted by Gasteiger charge is 2.49. The van der Waals surface area contributed by atoms with E-state index >= 15 is 0 Å². The standard InChI is InChI=1S/C31H31ClN2O3/c1-31(2,3)37-30(35)34-27-6-4-5-18(27)13-28(34)26-14-23-22-15-29-24(12-17(22)7-10-25(23)33-26)21-9-8-20(32)11-19(21)16-36-29/h7-12,15,18,27-28H,4-6,13-14,16H2,1-3H3/t18-,27-,28?/m0/s1. The van der Waals surface area contributed by atoms with Crippen LogP contribution in [0.1, 0.15) is 57.6 Å². The fraction of sp³-hybridized carbons (Fsp3) is 0.419. The minimum atomic E-state index is -0.516. The molecule has 3 aromatic rings. The van der Waals surface area contributed by atoms with E-state index in [2.05, 4.69) is 30.3 Å². The molecule has 0 bridgehead atoms. The smallest absolute Gasteiger partial charge is 0.411 e. The minimum absolute atomic E-state index is 0.00176. The maximum atomic E-state index is 13.4. The molecule has 190 valence electrons. The van der Waals surface area contributed by atoms with E-state index in [0.717, 1.165) is 52.6 Å². The lowest BCUT2D eigenvalue weighted by Gasteiger charge is -2.32. The zero-order chi connectivity index (χ0) is 25.5. The second-order valence-electron chi connectivity index (χ2n) is 11.9. The normalized spacial score (nSPS) is 23.7. The van der Waals surface area contributed by atoms with Gasteiger partial charge in [-0.25, -0.2) is 4.79 Å². The van der Waals surface area contributed by atoms with E-state index in [-0.39, 0.29) is 18.2 Å². The number of hydrogen-bond donors (Lipinski definition) is 0. The van der Waals surface area contributed by atoms with Crippen LogP contribution >= 0.6 is 11.6 Å². The number of hydrogen-bond acceptors (Lipinski definition) is 4. The Labute approximate surface area is 222 Å². The van der Waals surface area contributed by atoms with Crippen LogP contribution in [-0.2, 0) is 17.8 Å². The Morgan fingerprint density at radius 2 is 1.97 bits per heavy atom. The maximum absolute atomic E-state index is 13.4. The third-order valence-corrected chi connectivity index (χ3v) is 8.63. The molecule has 0 aromatic heterocycles. The predicted octanol–water partition coefficient (Wildman–Crippen LogP) is 7.86. The number of carbonyl (C=O) groups is 1. The molecule has 37 heavy (non-hydrogen) atoms. The van der Waals surface area contributed by atoms with Gasteiger partial charge < -0.3 is 9.47 Å². The molecule has 1 amide bonds. The molecule has 4 aliphatic rings. The first kappa shape index (κ1) is 23.1. The lowest BCUT2D eigenvalue weighted by atomic mass is 9.91. The third-order valence-electron chi connectivity index (χ3n) is 8.40. The van der Waals surface area contributed by atoms with Crippen molar-refractivity contribution in [3.8, 4) is 16.9 Å². The summed E-state index contributed by atoms with van der Waals surface area (Å²) in [4.78, 5) is 20.5. The van der Waals surface area contributed by atoms with Gasteiger partial charge in [0.15, 0.2) is 0 Å². The SMILES string of the molecule is CC(C)(C)OC(=O)N1C(C2=Nc3ccc4cc5c(cc4c3C2)OCc2cc(Cl)ccc2-5)C[C@@H]2CCC[C@@H]21. The molecule has 7 rings (SSSR count). The Balaban J connectivity index is 1.23. The summed E-state index contributed by atoms with van der Waals surface area (Å²) < 4.78 is 12.1. The molecule has 3 aliphatic heterocycles. The van der Waals surface area contributed by atoms with E-state index in [4.69, 9.17) is 26.1 Å². The van der Waals surface area contributed by atoms with Gasteiger partial charge in [-0.3, -0.25) is 9.89 Å². The summed E-state index contributed by atoms with van der Waals surface area (Å²) in [6.07, 6.45) is 4.95. The Kier molecular flexibility index (Phi) is 5.13. The van der Waals surface area contributed by atoms with Gasteiger partial charge in [-0.1, -0.05) is 30.2 Å². The van der Waals surface area contributed by atoms with E-state index in [1.54, 1.807) is 0 Å². The van der Waals surface area contributed by atoms with Gasteiger partial charge in [0.2, 0.25) is 0 Å². The maximum Gasteiger partial charge on any atom is 0.411 e. The van der Waals surface area contributed by atoms with Crippen LogP contribution in [0.3, 0.4) is 0 Å². The Hall–Kier alpha value is -3.05. The molecule has 0 radical (unpaired) electrons. The molecule has 5 nitrogen and oxygen atoms in total. The lowest BCUT2D eigenvalue weighted by Crippen LogP contribution is -2.47. The number of rotatable bonds is 1. The van der Waals surface area contributed by atoms with Crippen molar-refractivity contribution in [3.05, 3.63) is 58.6 Å². The van der Waals surface area contributed by atoms with E-state index in [9.17, 15) is 4.79 Å². The summed E-state index contributed by atoms with van der Waals surface area (Å²) in [6.45, 7) is 6.33. The van der Waals surface area contributed by atoms with Crippen molar-refractivity contribution >= 4 is 39.9 Å². The summed E-state index contributed by atoms with van der Waals surface area (Å²) in [5.41, 5.74) is 6.19. The van der Waals surface area contributed by atoms with Crippen LogP contribution in [-0.4, -0.2) is 34.4 Å². The molecule has 2 fully saturated rings. The molecule has 0 spiro atoms. The topological polar surface area (TPSA) is 51.1 Å². The second kappa shape index (κ2) is 8.22. The number of amides is 1. The molecule has 6 heteroatoms. The van der Waals surface area contributed by atoms with Crippen molar-refractivity contribution in [3.63, 3.8) is 0 Å². The average molecular weight is 515 g/mol. The molecule has 1 saturated heterocycles. The van der Waals surface area contributed by atoms with E-state index in [0.29, 0.717) is 12.5 Å². The van der Waals surface area contributed by atoms with Crippen LogP contribution < -0.4 is 4.74 Å². The first-order valence-corrected chi connectivity index (χ1v) is 13.7. The molecule has 3 heterocycles. The van der Waals surface area contributed by atoms with Crippen LogP contribution in [0.15, 0.2) is 47.5 Å². The molecule has 1 saturated carbocycles. The Morgan fingerprint density at radius 1 is 1.11 bits per heavy atom. The summed E-state index contributed by atoms with van der Waals surface area (Å²) in [5.74, 6) is 1.43. The van der Waals surface area contributed by atoms with Crippen LogP contribution in [0.5, 0.6) is 5.75 Å². The van der Waals surface area contributed by atoms with Gasteiger partial charge in [0, 0.05) is 28.8 Å². The average Bonchev–Trinajstić information content (AvgIpc) is 3.55. The summed E-state index contributed by atoms with van der Waals surface area (Å²) in [7, 11) is 0. The highest BCUT2D eigenvalue weighted by molar-refractivity contribution is 6.30. The van der Waals surface area contributed by atoms with Gasteiger partial charge in [0.1, 0.15) is 18.0 Å². The lowest BCUT2D eigenvalue weighted by molar-refractivity contribution is 0.0184. The van der Waals surface area contributed by atoms with Crippen LogP contribution in [0, 0.1) is 5.92 Å². The Bertz CT molecular complexity index is 1490. The van der Waals surface area contributed by atoms with Gasteiger partial charge in [0.05, 0.1) is 11.7 Å². The van der Waals surface area contributed by atoms with Crippen molar-refractivity contribution < 1.29 is 14.3 Å². The molecule has 1 unspecified atom stereocenters. The highest BCUT2D eigenvalue weighted by Crippen LogP contribution is 2.47. The monoisotopic (exact) mass is 514 g/mol. The fourth-order valence-electron chi connectivity index (χ4n) is 6.85. The third kappa shape index (κ3) is 3.82. The van der Waals surface area contributed by atoms with Crippen molar-refractivity contribution in [2.45, 2.75) is 77.2 Å². The number of fused-ring (bicyclic) bond motifs is 7. The molecule has 0 N–H and O–H groups in total. The quantitative estimate of drug-likeness (QED) is 0.332. The van der Waals surface area contributed by atoms with Gasteiger partial charge in [-0.15, -0.1) is 0 Å². The number of likely N-dealkylation sites (tertiary alicyclic amines) is 1. The minimum Gasteiger partial charge on any atom is -0.488 e. The van der Waals surface area contributed by atoms with Crippen molar-refractivity contribution in [2.24, 2.45) is 10.9 Å².